The van der Waals surface area contributed by atoms with Crippen molar-refractivity contribution in [3.63, 3.8) is 0 Å². The van der Waals surface area contributed by atoms with Gasteiger partial charge in [-0.25, -0.2) is 0 Å². The normalized spacial score (nSPS) is 10.5. The Bertz CT molecular complexity index is 204. The minimum Gasteiger partial charge on any atom is -0.272 e. The zero-order valence-corrected chi connectivity index (χ0v) is 7.59. The van der Waals surface area contributed by atoms with E-state index in [9.17, 15) is 0 Å². The topological polar surface area (TPSA) is 17.8 Å². The maximum atomic E-state index is 4.43. The number of rotatable bonds is 3. The maximum absolute atomic E-state index is 4.43. The number of hydrogen-bond donors (Lipinski definition) is 0. The second kappa shape index (κ2) is 3.56. The second-order valence-corrected chi connectivity index (χ2v) is 2.66. The average molecular weight is 152 g/mol. The van der Waals surface area contributed by atoms with E-state index in [1.165, 1.54) is 11.3 Å². The van der Waals surface area contributed by atoms with Gasteiger partial charge >= 0.3 is 0 Å². The van der Waals surface area contributed by atoms with Gasteiger partial charge in [0.05, 0.1) is 5.69 Å². The van der Waals surface area contributed by atoms with Crippen LogP contribution in [0.1, 0.15) is 32.0 Å². The molecule has 0 aromatic carbocycles. The van der Waals surface area contributed by atoms with Crippen molar-refractivity contribution in [1.29, 1.82) is 0 Å². The molecule has 1 aromatic rings. The van der Waals surface area contributed by atoms with Gasteiger partial charge < -0.3 is 0 Å². The summed E-state index contributed by atoms with van der Waals surface area (Å²) in [6.45, 7) is 7.43. The Morgan fingerprint density at radius 3 is 2.36 bits per heavy atom. The predicted octanol–water partition coefficient (Wildman–Crippen LogP) is 2.03. The van der Waals surface area contributed by atoms with E-state index < -0.39 is 0 Å². The lowest BCUT2D eigenvalue weighted by Crippen LogP contribution is -1.94. The summed E-state index contributed by atoms with van der Waals surface area (Å²) in [6, 6.07) is 0. The van der Waals surface area contributed by atoms with Gasteiger partial charge in [-0.05, 0) is 25.3 Å². The number of aromatic nitrogens is 2. The highest BCUT2D eigenvalue weighted by atomic mass is 15.3. The van der Waals surface area contributed by atoms with E-state index in [0.717, 1.165) is 19.4 Å². The summed E-state index contributed by atoms with van der Waals surface area (Å²) in [6.07, 6.45) is 4.30. The van der Waals surface area contributed by atoms with Crippen LogP contribution < -0.4 is 0 Å². The van der Waals surface area contributed by atoms with Gasteiger partial charge in [-0.1, -0.05) is 13.8 Å². The van der Waals surface area contributed by atoms with Crippen LogP contribution in [0.3, 0.4) is 0 Å². The second-order valence-electron chi connectivity index (χ2n) is 2.66. The fraction of sp³-hybridized carbons (Fsp3) is 0.667. The lowest BCUT2D eigenvalue weighted by molar-refractivity contribution is 0.648. The first-order valence-corrected chi connectivity index (χ1v) is 4.37. The van der Waals surface area contributed by atoms with Crippen LogP contribution >= 0.6 is 0 Å². The molecule has 0 N–H and O–H groups in total. The van der Waals surface area contributed by atoms with Crippen LogP contribution in [0.15, 0.2) is 6.20 Å². The van der Waals surface area contributed by atoms with Crippen molar-refractivity contribution in [2.75, 3.05) is 0 Å². The smallest absolute Gasteiger partial charge is 0.0653 e. The molecule has 0 radical (unpaired) electrons. The van der Waals surface area contributed by atoms with Crippen LogP contribution in [-0.4, -0.2) is 9.78 Å². The summed E-state index contributed by atoms with van der Waals surface area (Å²) in [4.78, 5) is 0. The number of aryl methyl sites for hydroxylation is 3. The third-order valence-corrected chi connectivity index (χ3v) is 1.96. The van der Waals surface area contributed by atoms with Crippen LogP contribution in [-0.2, 0) is 19.4 Å². The molecule has 0 atom stereocenters. The van der Waals surface area contributed by atoms with E-state index in [1.807, 2.05) is 4.68 Å². The zero-order valence-electron chi connectivity index (χ0n) is 7.59. The van der Waals surface area contributed by atoms with Crippen LogP contribution in [0, 0.1) is 0 Å². The lowest BCUT2D eigenvalue weighted by atomic mass is 10.2. The van der Waals surface area contributed by atoms with Crippen molar-refractivity contribution >= 4 is 0 Å². The quantitative estimate of drug-likeness (QED) is 0.648. The van der Waals surface area contributed by atoms with Crippen molar-refractivity contribution in [1.82, 2.24) is 9.78 Å². The van der Waals surface area contributed by atoms with Gasteiger partial charge in [-0.2, -0.15) is 5.10 Å². The minimum atomic E-state index is 0.979. The summed E-state index contributed by atoms with van der Waals surface area (Å²) >= 11 is 0. The predicted molar refractivity (Wildman–Crippen MR) is 46.7 cm³/mol. The monoisotopic (exact) mass is 152 g/mol. The third kappa shape index (κ3) is 1.62. The van der Waals surface area contributed by atoms with Crippen molar-refractivity contribution in [2.45, 2.75) is 40.2 Å². The number of hydrogen-bond acceptors (Lipinski definition) is 1. The van der Waals surface area contributed by atoms with Crippen LogP contribution in [0.5, 0.6) is 0 Å². The van der Waals surface area contributed by atoms with E-state index in [1.54, 1.807) is 0 Å². The molecule has 0 saturated carbocycles. The molecule has 0 unspecified atom stereocenters. The molecule has 11 heavy (non-hydrogen) atoms. The largest absolute Gasteiger partial charge is 0.272 e. The third-order valence-electron chi connectivity index (χ3n) is 1.96. The highest BCUT2D eigenvalue weighted by Gasteiger charge is 2.02. The first-order valence-electron chi connectivity index (χ1n) is 4.37. The van der Waals surface area contributed by atoms with E-state index in [4.69, 9.17) is 0 Å². The van der Waals surface area contributed by atoms with Crippen LogP contribution in [0.2, 0.25) is 0 Å². The summed E-state index contributed by atoms with van der Waals surface area (Å²) in [7, 11) is 0. The summed E-state index contributed by atoms with van der Waals surface area (Å²) in [5.41, 5.74) is 2.66. The molecule has 0 bridgehead atoms. The van der Waals surface area contributed by atoms with Gasteiger partial charge in [0.15, 0.2) is 0 Å². The Kier molecular flexibility index (Phi) is 2.69. The van der Waals surface area contributed by atoms with E-state index in [-0.39, 0.29) is 0 Å². The first-order chi connectivity index (χ1) is 5.31. The molecule has 0 aliphatic rings. The molecule has 1 rings (SSSR count). The highest BCUT2D eigenvalue weighted by molar-refractivity contribution is 5.16. The Balaban J connectivity index is 2.92. The Morgan fingerprint density at radius 2 is 2.00 bits per heavy atom. The fourth-order valence-electron chi connectivity index (χ4n) is 1.26. The van der Waals surface area contributed by atoms with E-state index in [2.05, 4.69) is 32.1 Å². The fourth-order valence-corrected chi connectivity index (χ4v) is 1.26. The summed E-state index contributed by atoms with van der Waals surface area (Å²) in [5.74, 6) is 0. The van der Waals surface area contributed by atoms with Crippen molar-refractivity contribution in [2.24, 2.45) is 0 Å². The standard InChI is InChI=1S/C9H16N2/c1-4-8-7-11(6-3)10-9(8)5-2/h7H,4-6H2,1-3H3. The Morgan fingerprint density at radius 1 is 1.27 bits per heavy atom. The molecule has 2 heteroatoms. The van der Waals surface area contributed by atoms with Gasteiger partial charge in [-0.15, -0.1) is 0 Å². The summed E-state index contributed by atoms with van der Waals surface area (Å²) < 4.78 is 2.01. The molecule has 0 aliphatic heterocycles. The molecule has 0 spiro atoms. The zero-order chi connectivity index (χ0) is 8.27. The minimum absolute atomic E-state index is 0.979. The van der Waals surface area contributed by atoms with Crippen LogP contribution in [0.4, 0.5) is 0 Å². The van der Waals surface area contributed by atoms with Crippen LogP contribution in [0.25, 0.3) is 0 Å². The van der Waals surface area contributed by atoms with E-state index in [0.29, 0.717) is 0 Å². The molecule has 1 heterocycles. The molecule has 0 aliphatic carbocycles. The Labute approximate surface area is 68.2 Å². The molecule has 1 aromatic heterocycles. The molecule has 0 fully saturated rings. The van der Waals surface area contributed by atoms with E-state index >= 15 is 0 Å². The van der Waals surface area contributed by atoms with Gasteiger partial charge in [-0.3, -0.25) is 4.68 Å². The van der Waals surface area contributed by atoms with Gasteiger partial charge in [0.25, 0.3) is 0 Å². The van der Waals surface area contributed by atoms with Crippen molar-refractivity contribution in [3.05, 3.63) is 17.5 Å². The highest BCUT2D eigenvalue weighted by Crippen LogP contribution is 2.07. The number of nitrogens with zero attached hydrogens (tertiary/aromatic N) is 2. The van der Waals surface area contributed by atoms with Crippen molar-refractivity contribution < 1.29 is 0 Å². The van der Waals surface area contributed by atoms with Gasteiger partial charge in [0, 0.05) is 12.7 Å². The van der Waals surface area contributed by atoms with Gasteiger partial charge in [0.2, 0.25) is 0 Å². The summed E-state index contributed by atoms with van der Waals surface area (Å²) in [5, 5.41) is 4.43. The molecule has 0 saturated heterocycles. The molecular formula is C9H16N2. The SMILES string of the molecule is CCc1cn(CC)nc1CC. The molecule has 62 valence electrons. The lowest BCUT2D eigenvalue weighted by Gasteiger charge is -1.91. The Hall–Kier alpha value is -0.790. The molecule has 0 amide bonds. The maximum Gasteiger partial charge on any atom is 0.0653 e. The molecule has 2 nitrogen and oxygen atoms in total. The first kappa shape index (κ1) is 8.31. The van der Waals surface area contributed by atoms with Crippen molar-refractivity contribution in [3.8, 4) is 0 Å². The van der Waals surface area contributed by atoms with Gasteiger partial charge in [0.1, 0.15) is 0 Å². The average Bonchev–Trinajstić information content (AvgIpc) is 2.46. The molecular weight excluding hydrogens is 136 g/mol.